The number of pyridine rings is 1. The summed E-state index contributed by atoms with van der Waals surface area (Å²) in [4.78, 5) is 4.27. The van der Waals surface area contributed by atoms with Gasteiger partial charge in [-0.3, -0.25) is 0 Å². The fraction of sp³-hybridized carbons (Fsp3) is 0.267. The molecule has 0 saturated heterocycles. The molecule has 1 aromatic heterocycles. The zero-order valence-electron chi connectivity index (χ0n) is 10.8. The number of hydrogen-bond acceptors (Lipinski definition) is 3. The van der Waals surface area contributed by atoms with Gasteiger partial charge in [0.15, 0.2) is 0 Å². The van der Waals surface area contributed by atoms with Crippen LogP contribution in [-0.2, 0) is 6.42 Å². The number of aryl methyl sites for hydroxylation is 2. The van der Waals surface area contributed by atoms with Crippen molar-refractivity contribution in [1.82, 2.24) is 4.98 Å². The highest BCUT2D eigenvalue weighted by Gasteiger charge is 2.01. The topological polar surface area (TPSA) is 48.1 Å². The second-order valence-electron chi connectivity index (χ2n) is 4.39. The van der Waals surface area contributed by atoms with Gasteiger partial charge in [-0.25, -0.2) is 4.98 Å². The SMILES string of the molecule is Cc1ccc(Oc2ccc(CCN)cn2)cc1C. The number of hydrogen-bond donors (Lipinski definition) is 1. The van der Waals surface area contributed by atoms with Gasteiger partial charge in [0.2, 0.25) is 5.88 Å². The number of rotatable bonds is 4. The molecule has 0 atom stereocenters. The molecule has 0 spiro atoms. The summed E-state index contributed by atoms with van der Waals surface area (Å²) in [6, 6.07) is 9.90. The number of ether oxygens (including phenoxy) is 1. The quantitative estimate of drug-likeness (QED) is 0.896. The minimum absolute atomic E-state index is 0.610. The van der Waals surface area contributed by atoms with Crippen molar-refractivity contribution >= 4 is 0 Å². The smallest absolute Gasteiger partial charge is 0.219 e. The van der Waals surface area contributed by atoms with Gasteiger partial charge in [0.1, 0.15) is 5.75 Å². The summed E-state index contributed by atoms with van der Waals surface area (Å²) in [7, 11) is 0. The van der Waals surface area contributed by atoms with Crippen molar-refractivity contribution in [2.45, 2.75) is 20.3 Å². The van der Waals surface area contributed by atoms with Crippen molar-refractivity contribution in [3.05, 3.63) is 53.2 Å². The first kappa shape index (κ1) is 12.6. The van der Waals surface area contributed by atoms with E-state index in [2.05, 4.69) is 18.8 Å². The molecule has 2 N–H and O–H groups in total. The van der Waals surface area contributed by atoms with Crippen LogP contribution in [0.3, 0.4) is 0 Å². The van der Waals surface area contributed by atoms with Gasteiger partial charge in [-0.05, 0) is 55.6 Å². The van der Waals surface area contributed by atoms with Crippen LogP contribution in [0.4, 0.5) is 0 Å². The third-order valence-electron chi connectivity index (χ3n) is 2.93. The van der Waals surface area contributed by atoms with Gasteiger partial charge in [-0.2, -0.15) is 0 Å². The largest absolute Gasteiger partial charge is 0.439 e. The average Bonchev–Trinajstić information content (AvgIpc) is 2.37. The van der Waals surface area contributed by atoms with Crippen LogP contribution in [0.1, 0.15) is 16.7 Å². The molecule has 0 aliphatic heterocycles. The summed E-state index contributed by atoms with van der Waals surface area (Å²) in [6.07, 6.45) is 2.65. The zero-order chi connectivity index (χ0) is 13.0. The van der Waals surface area contributed by atoms with E-state index in [0.717, 1.165) is 17.7 Å². The lowest BCUT2D eigenvalue weighted by Crippen LogP contribution is -2.02. The van der Waals surface area contributed by atoms with Gasteiger partial charge < -0.3 is 10.5 Å². The summed E-state index contributed by atoms with van der Waals surface area (Å²) in [5.74, 6) is 1.43. The summed E-state index contributed by atoms with van der Waals surface area (Å²) in [5.41, 5.74) is 9.10. The van der Waals surface area contributed by atoms with Crippen LogP contribution in [0.5, 0.6) is 11.6 Å². The van der Waals surface area contributed by atoms with Crippen LogP contribution in [-0.4, -0.2) is 11.5 Å². The van der Waals surface area contributed by atoms with E-state index in [0.29, 0.717) is 12.4 Å². The molecular formula is C15H18N2O. The van der Waals surface area contributed by atoms with Crippen molar-refractivity contribution in [3.8, 4) is 11.6 Å². The maximum Gasteiger partial charge on any atom is 0.219 e. The maximum atomic E-state index is 5.70. The highest BCUT2D eigenvalue weighted by molar-refractivity contribution is 5.36. The summed E-state index contributed by atoms with van der Waals surface area (Å²) in [6.45, 7) is 4.79. The molecule has 0 unspecified atom stereocenters. The van der Waals surface area contributed by atoms with Gasteiger partial charge in [-0.15, -0.1) is 0 Å². The summed E-state index contributed by atoms with van der Waals surface area (Å²) >= 11 is 0. The molecule has 1 aromatic carbocycles. The zero-order valence-corrected chi connectivity index (χ0v) is 10.8. The van der Waals surface area contributed by atoms with Crippen LogP contribution in [0, 0.1) is 13.8 Å². The van der Waals surface area contributed by atoms with Crippen LogP contribution in [0.25, 0.3) is 0 Å². The number of benzene rings is 1. The predicted molar refractivity (Wildman–Crippen MR) is 73.0 cm³/mol. The normalized spacial score (nSPS) is 10.4. The fourth-order valence-corrected chi connectivity index (χ4v) is 1.68. The van der Waals surface area contributed by atoms with E-state index in [9.17, 15) is 0 Å². The Morgan fingerprint density at radius 3 is 2.56 bits per heavy atom. The minimum atomic E-state index is 0.610. The second-order valence-corrected chi connectivity index (χ2v) is 4.39. The van der Waals surface area contributed by atoms with Crippen molar-refractivity contribution < 1.29 is 4.74 Å². The Morgan fingerprint density at radius 1 is 1.11 bits per heavy atom. The lowest BCUT2D eigenvalue weighted by molar-refractivity contribution is 0.462. The third-order valence-corrected chi connectivity index (χ3v) is 2.93. The van der Waals surface area contributed by atoms with Crippen LogP contribution in [0.15, 0.2) is 36.5 Å². The molecule has 0 fully saturated rings. The molecule has 2 aromatic rings. The molecular weight excluding hydrogens is 224 g/mol. The van der Waals surface area contributed by atoms with Gasteiger partial charge in [0.25, 0.3) is 0 Å². The molecule has 0 bridgehead atoms. The monoisotopic (exact) mass is 242 g/mol. The van der Waals surface area contributed by atoms with Crippen LogP contribution >= 0.6 is 0 Å². The number of nitrogens with zero attached hydrogens (tertiary/aromatic N) is 1. The average molecular weight is 242 g/mol. The van der Waals surface area contributed by atoms with Gasteiger partial charge >= 0.3 is 0 Å². The van der Waals surface area contributed by atoms with Crippen LogP contribution in [0.2, 0.25) is 0 Å². The summed E-state index contributed by atoms with van der Waals surface area (Å²) in [5, 5.41) is 0. The number of aromatic nitrogens is 1. The van der Waals surface area contributed by atoms with E-state index in [-0.39, 0.29) is 0 Å². The molecule has 3 heteroatoms. The van der Waals surface area contributed by atoms with E-state index < -0.39 is 0 Å². The first-order chi connectivity index (χ1) is 8.69. The Hall–Kier alpha value is -1.87. The first-order valence-electron chi connectivity index (χ1n) is 6.09. The number of nitrogens with two attached hydrogens (primary N) is 1. The van der Waals surface area contributed by atoms with Crippen molar-refractivity contribution in [1.29, 1.82) is 0 Å². The van der Waals surface area contributed by atoms with E-state index >= 15 is 0 Å². The van der Waals surface area contributed by atoms with E-state index in [1.54, 1.807) is 0 Å². The highest BCUT2D eigenvalue weighted by Crippen LogP contribution is 2.22. The Labute approximate surface area is 108 Å². The predicted octanol–water partition coefficient (Wildman–Crippen LogP) is 2.99. The van der Waals surface area contributed by atoms with E-state index in [1.807, 2.05) is 36.5 Å². The molecule has 0 aliphatic carbocycles. The van der Waals surface area contributed by atoms with Gasteiger partial charge in [0, 0.05) is 12.3 Å². The minimum Gasteiger partial charge on any atom is -0.439 e. The molecule has 0 aliphatic rings. The van der Waals surface area contributed by atoms with Crippen molar-refractivity contribution in [2.75, 3.05) is 6.54 Å². The van der Waals surface area contributed by atoms with Crippen molar-refractivity contribution in [3.63, 3.8) is 0 Å². The molecule has 0 amide bonds. The highest BCUT2D eigenvalue weighted by atomic mass is 16.5. The Bertz CT molecular complexity index is 521. The standard InChI is InChI=1S/C15H18N2O/c1-11-3-5-14(9-12(11)2)18-15-6-4-13(7-8-16)10-17-15/h3-6,9-10H,7-8,16H2,1-2H3. The van der Waals surface area contributed by atoms with Crippen molar-refractivity contribution in [2.24, 2.45) is 5.73 Å². The molecule has 18 heavy (non-hydrogen) atoms. The second kappa shape index (κ2) is 5.65. The fourth-order valence-electron chi connectivity index (χ4n) is 1.68. The Balaban J connectivity index is 2.10. The third kappa shape index (κ3) is 3.08. The van der Waals surface area contributed by atoms with Crippen LogP contribution < -0.4 is 10.5 Å². The van der Waals surface area contributed by atoms with Gasteiger partial charge in [-0.1, -0.05) is 12.1 Å². The molecule has 2 rings (SSSR count). The molecule has 3 nitrogen and oxygen atoms in total. The maximum absolute atomic E-state index is 5.70. The van der Waals surface area contributed by atoms with E-state index in [4.69, 9.17) is 10.5 Å². The van der Waals surface area contributed by atoms with Gasteiger partial charge in [0.05, 0.1) is 0 Å². The molecule has 94 valence electrons. The lowest BCUT2D eigenvalue weighted by Gasteiger charge is -2.07. The molecule has 1 heterocycles. The Kier molecular flexibility index (Phi) is 3.95. The summed E-state index contributed by atoms with van der Waals surface area (Å²) < 4.78 is 5.70. The Morgan fingerprint density at radius 2 is 1.94 bits per heavy atom. The van der Waals surface area contributed by atoms with E-state index in [1.165, 1.54) is 11.1 Å². The molecule has 0 saturated carbocycles. The lowest BCUT2D eigenvalue weighted by atomic mass is 10.1. The first-order valence-corrected chi connectivity index (χ1v) is 6.09. The molecule has 0 radical (unpaired) electrons.